The molecule has 0 radical (unpaired) electrons. The van der Waals surface area contributed by atoms with E-state index in [-0.39, 0.29) is 30.1 Å². The Morgan fingerprint density at radius 3 is 2.77 bits per heavy atom. The molecule has 6 heteroatoms. The highest BCUT2D eigenvalue weighted by Crippen LogP contribution is 2.33. The molecule has 2 heterocycles. The molecule has 0 bridgehead atoms. The summed E-state index contributed by atoms with van der Waals surface area (Å²) in [5.74, 6) is -1.01. The van der Waals surface area contributed by atoms with E-state index >= 15 is 0 Å². The van der Waals surface area contributed by atoms with E-state index in [9.17, 15) is 14.4 Å². The van der Waals surface area contributed by atoms with Crippen molar-refractivity contribution >= 4 is 17.7 Å². The second-order valence-corrected chi connectivity index (χ2v) is 5.79. The van der Waals surface area contributed by atoms with Gasteiger partial charge in [0.25, 0.3) is 0 Å². The molecule has 4 unspecified atom stereocenters. The van der Waals surface area contributed by atoms with Crippen LogP contribution in [-0.2, 0) is 23.9 Å². The molecule has 22 heavy (non-hydrogen) atoms. The molecule has 1 fully saturated rings. The molecular formula is C16H21NO5. The Bertz CT molecular complexity index is 535. The second kappa shape index (κ2) is 6.44. The number of rotatable bonds is 4. The van der Waals surface area contributed by atoms with Crippen LogP contribution in [0, 0.1) is 5.92 Å². The second-order valence-electron chi connectivity index (χ2n) is 5.79. The van der Waals surface area contributed by atoms with E-state index in [1.165, 1.54) is 13.8 Å². The zero-order valence-electron chi connectivity index (χ0n) is 13.0. The van der Waals surface area contributed by atoms with Crippen LogP contribution in [0.3, 0.4) is 0 Å². The highest BCUT2D eigenvalue weighted by atomic mass is 16.6. The van der Waals surface area contributed by atoms with Gasteiger partial charge in [-0.15, -0.1) is 0 Å². The summed E-state index contributed by atoms with van der Waals surface area (Å²) in [4.78, 5) is 34.3. The van der Waals surface area contributed by atoms with Crippen molar-refractivity contribution in [2.24, 2.45) is 5.92 Å². The molecule has 1 saturated heterocycles. The van der Waals surface area contributed by atoms with Crippen LogP contribution in [0.15, 0.2) is 23.8 Å². The van der Waals surface area contributed by atoms with E-state index in [0.29, 0.717) is 12.0 Å². The van der Waals surface area contributed by atoms with E-state index in [0.717, 1.165) is 5.57 Å². The van der Waals surface area contributed by atoms with Crippen molar-refractivity contribution in [1.82, 2.24) is 5.32 Å². The molecule has 0 aromatic carbocycles. The molecule has 0 spiro atoms. The van der Waals surface area contributed by atoms with Crippen LogP contribution in [0.25, 0.3) is 0 Å². The fourth-order valence-electron chi connectivity index (χ4n) is 2.90. The fraction of sp³-hybridized carbons (Fsp3) is 0.562. The van der Waals surface area contributed by atoms with Crippen molar-refractivity contribution in [2.75, 3.05) is 0 Å². The minimum atomic E-state index is -0.597. The average molecular weight is 307 g/mol. The number of nitrogens with one attached hydrogen (secondary N) is 1. The Kier molecular flexibility index (Phi) is 4.81. The summed E-state index contributed by atoms with van der Waals surface area (Å²) in [5, 5.41) is 3.20. The number of allylic oxidation sites excluding steroid dienone is 1. The standard InChI is InChI=1S/C16H21NO5/c1-8(18)7-14(21-11(4)19)13-6-5-12-9(2)16(20)22-15(12)17-10(13)3/h6,10,12,14-15,17H,2,5,7H2,1,3-4H3. The minimum Gasteiger partial charge on any atom is -0.457 e. The van der Waals surface area contributed by atoms with Crippen LogP contribution >= 0.6 is 0 Å². The van der Waals surface area contributed by atoms with Gasteiger partial charge >= 0.3 is 11.9 Å². The Balaban J connectivity index is 2.23. The van der Waals surface area contributed by atoms with Gasteiger partial charge in [0.2, 0.25) is 0 Å². The van der Waals surface area contributed by atoms with Gasteiger partial charge in [0.05, 0.1) is 0 Å². The van der Waals surface area contributed by atoms with Crippen molar-refractivity contribution in [1.29, 1.82) is 0 Å². The maximum Gasteiger partial charge on any atom is 0.335 e. The number of carbonyl (C=O) groups excluding carboxylic acids is 3. The monoisotopic (exact) mass is 307 g/mol. The molecule has 2 aliphatic heterocycles. The first-order chi connectivity index (χ1) is 10.3. The number of ketones is 1. The highest BCUT2D eigenvalue weighted by Gasteiger charge is 2.41. The predicted molar refractivity (Wildman–Crippen MR) is 78.7 cm³/mol. The van der Waals surface area contributed by atoms with Crippen LogP contribution in [0.2, 0.25) is 0 Å². The molecular weight excluding hydrogens is 286 g/mol. The number of ether oxygens (including phenoxy) is 2. The first-order valence-electron chi connectivity index (χ1n) is 7.32. The molecule has 2 aliphatic rings. The lowest BCUT2D eigenvalue weighted by Gasteiger charge is -2.25. The van der Waals surface area contributed by atoms with E-state index in [1.54, 1.807) is 0 Å². The number of fused-ring (bicyclic) bond motifs is 1. The van der Waals surface area contributed by atoms with Gasteiger partial charge in [-0.3, -0.25) is 14.9 Å². The lowest BCUT2D eigenvalue weighted by molar-refractivity contribution is -0.145. The summed E-state index contributed by atoms with van der Waals surface area (Å²) < 4.78 is 10.6. The Hall–Kier alpha value is -1.95. The van der Waals surface area contributed by atoms with Gasteiger partial charge in [0.15, 0.2) is 6.23 Å². The summed E-state index contributed by atoms with van der Waals surface area (Å²) in [6.07, 6.45) is 1.58. The van der Waals surface area contributed by atoms with Crippen molar-refractivity contribution in [2.45, 2.75) is 52.0 Å². The van der Waals surface area contributed by atoms with Gasteiger partial charge < -0.3 is 9.47 Å². The van der Waals surface area contributed by atoms with Crippen molar-refractivity contribution in [3.05, 3.63) is 23.8 Å². The number of Topliss-reactive ketones (excluding diaryl/α,β-unsaturated/α-hetero) is 1. The molecule has 0 aromatic heterocycles. The normalized spacial score (nSPS) is 29.0. The smallest absolute Gasteiger partial charge is 0.335 e. The number of hydrogen-bond acceptors (Lipinski definition) is 6. The average Bonchev–Trinajstić information content (AvgIpc) is 2.56. The molecule has 0 aliphatic carbocycles. The van der Waals surface area contributed by atoms with E-state index in [2.05, 4.69) is 11.9 Å². The van der Waals surface area contributed by atoms with E-state index in [4.69, 9.17) is 9.47 Å². The van der Waals surface area contributed by atoms with Gasteiger partial charge in [-0.05, 0) is 25.8 Å². The Morgan fingerprint density at radius 1 is 1.50 bits per heavy atom. The van der Waals surface area contributed by atoms with Crippen molar-refractivity contribution in [3.8, 4) is 0 Å². The maximum absolute atomic E-state index is 11.6. The molecule has 0 amide bonds. The van der Waals surface area contributed by atoms with Crippen LogP contribution in [0.5, 0.6) is 0 Å². The summed E-state index contributed by atoms with van der Waals surface area (Å²) in [6, 6.07) is -0.183. The van der Waals surface area contributed by atoms with E-state index in [1.807, 2.05) is 13.0 Å². The zero-order chi connectivity index (χ0) is 16.4. The first-order valence-corrected chi connectivity index (χ1v) is 7.32. The fourth-order valence-corrected chi connectivity index (χ4v) is 2.90. The summed E-state index contributed by atoms with van der Waals surface area (Å²) in [5.41, 5.74) is 1.27. The predicted octanol–water partition coefficient (Wildman–Crippen LogP) is 1.26. The molecule has 6 nitrogen and oxygen atoms in total. The number of carbonyl (C=O) groups is 3. The molecule has 1 N–H and O–H groups in total. The van der Waals surface area contributed by atoms with Gasteiger partial charge in [-0.1, -0.05) is 12.7 Å². The third kappa shape index (κ3) is 3.44. The van der Waals surface area contributed by atoms with E-state index < -0.39 is 18.3 Å². The van der Waals surface area contributed by atoms with Crippen LogP contribution in [0.4, 0.5) is 0 Å². The molecule has 4 atom stereocenters. The lowest BCUT2D eigenvalue weighted by Crippen LogP contribution is -2.42. The van der Waals surface area contributed by atoms with Crippen LogP contribution < -0.4 is 5.32 Å². The molecule has 0 saturated carbocycles. The van der Waals surface area contributed by atoms with Gasteiger partial charge in [0.1, 0.15) is 11.9 Å². The zero-order valence-corrected chi connectivity index (χ0v) is 13.0. The van der Waals surface area contributed by atoms with Crippen LogP contribution in [-0.4, -0.2) is 36.1 Å². The number of hydrogen-bond donors (Lipinski definition) is 1. The third-order valence-corrected chi connectivity index (χ3v) is 3.98. The maximum atomic E-state index is 11.6. The Labute approximate surface area is 129 Å². The van der Waals surface area contributed by atoms with Crippen LogP contribution in [0.1, 0.15) is 33.6 Å². The summed E-state index contributed by atoms with van der Waals surface area (Å²) in [7, 11) is 0. The topological polar surface area (TPSA) is 81.7 Å². The molecule has 0 aromatic rings. The SMILES string of the molecule is C=C1C(=O)OC2NC(C)C(C(CC(C)=O)OC(C)=O)=CCC12. The van der Waals surface area contributed by atoms with Gasteiger partial charge in [0, 0.05) is 30.9 Å². The van der Waals surface area contributed by atoms with Crippen molar-refractivity contribution < 1.29 is 23.9 Å². The Morgan fingerprint density at radius 2 is 2.18 bits per heavy atom. The van der Waals surface area contributed by atoms with Gasteiger partial charge in [-0.25, -0.2) is 4.79 Å². The minimum absolute atomic E-state index is 0.0559. The summed E-state index contributed by atoms with van der Waals surface area (Å²) >= 11 is 0. The number of esters is 2. The molecule has 120 valence electrons. The summed E-state index contributed by atoms with van der Waals surface area (Å²) in [6.45, 7) is 8.44. The lowest BCUT2D eigenvalue weighted by atomic mass is 9.95. The largest absolute Gasteiger partial charge is 0.457 e. The highest BCUT2D eigenvalue weighted by molar-refractivity contribution is 5.90. The quantitative estimate of drug-likeness (QED) is 0.478. The third-order valence-electron chi connectivity index (χ3n) is 3.98. The van der Waals surface area contributed by atoms with Crippen molar-refractivity contribution in [3.63, 3.8) is 0 Å². The van der Waals surface area contributed by atoms with Gasteiger partial charge in [-0.2, -0.15) is 0 Å². The molecule has 2 rings (SSSR count). The first kappa shape index (κ1) is 16.4.